The molecular weight excluding hydrogens is 396 g/mol. The van der Waals surface area contributed by atoms with Gasteiger partial charge in [0.1, 0.15) is 16.5 Å². The third-order valence-electron chi connectivity index (χ3n) is 4.10. The summed E-state index contributed by atoms with van der Waals surface area (Å²) in [6, 6.07) is 12.9. The van der Waals surface area contributed by atoms with Crippen LogP contribution in [0.2, 0.25) is 0 Å². The predicted octanol–water partition coefficient (Wildman–Crippen LogP) is 3.70. The third-order valence-corrected chi connectivity index (χ3v) is 4.45. The zero-order valence-electron chi connectivity index (χ0n) is 15.9. The maximum atomic E-state index is 12.8. The zero-order chi connectivity index (χ0) is 21.0. The molecule has 8 heteroatoms. The Morgan fingerprint density at radius 1 is 0.966 bits per heavy atom. The minimum absolute atomic E-state index is 0.0329. The van der Waals surface area contributed by atoms with Crippen LogP contribution in [0.15, 0.2) is 59.3 Å². The van der Waals surface area contributed by atoms with Gasteiger partial charge >= 0.3 is 5.97 Å². The summed E-state index contributed by atoms with van der Waals surface area (Å²) >= 11 is 6.13. The van der Waals surface area contributed by atoms with E-state index in [1.165, 1.54) is 0 Å². The molecule has 0 unspecified atom stereocenters. The van der Waals surface area contributed by atoms with E-state index in [2.05, 4.69) is 5.32 Å². The molecule has 7 nitrogen and oxygen atoms in total. The molecule has 2 aromatic carbocycles. The first-order chi connectivity index (χ1) is 14.0. The lowest BCUT2D eigenvalue weighted by molar-refractivity contribution is -0.120. The first-order valence-electron chi connectivity index (χ1n) is 9.01. The van der Waals surface area contributed by atoms with Crippen LogP contribution < -0.4 is 15.0 Å². The summed E-state index contributed by atoms with van der Waals surface area (Å²) in [5, 5.41) is 2.65. The van der Waals surface area contributed by atoms with Crippen molar-refractivity contribution in [2.75, 3.05) is 23.4 Å². The van der Waals surface area contributed by atoms with E-state index in [9.17, 15) is 14.4 Å². The lowest BCUT2D eigenvalue weighted by Gasteiger charge is -2.15. The number of nitrogens with one attached hydrogen (secondary N) is 1. The van der Waals surface area contributed by atoms with Crippen molar-refractivity contribution in [2.24, 2.45) is 0 Å². The Labute approximate surface area is 172 Å². The number of benzene rings is 2. The van der Waals surface area contributed by atoms with E-state index in [1.807, 2.05) is 6.92 Å². The SMILES string of the molecule is CCOC(=O)c1ccc(NC2=C(Cl)C(=O)N(c3ccc(OCC)cc3)C2=O)cc1. The minimum Gasteiger partial charge on any atom is -0.494 e. The molecule has 0 saturated heterocycles. The van der Waals surface area contributed by atoms with Gasteiger partial charge in [0.05, 0.1) is 24.5 Å². The number of esters is 1. The van der Waals surface area contributed by atoms with Crippen molar-refractivity contribution in [3.8, 4) is 5.75 Å². The van der Waals surface area contributed by atoms with Crippen LogP contribution in [0.3, 0.4) is 0 Å². The van der Waals surface area contributed by atoms with E-state index in [-0.39, 0.29) is 17.3 Å². The number of ether oxygens (including phenoxy) is 2. The lowest BCUT2D eigenvalue weighted by atomic mass is 10.2. The van der Waals surface area contributed by atoms with Crippen LogP contribution >= 0.6 is 11.6 Å². The number of hydrogen-bond acceptors (Lipinski definition) is 6. The molecule has 1 aliphatic heterocycles. The maximum absolute atomic E-state index is 12.8. The van der Waals surface area contributed by atoms with Crippen LogP contribution in [-0.2, 0) is 14.3 Å². The summed E-state index contributed by atoms with van der Waals surface area (Å²) in [5.74, 6) is -0.996. The quantitative estimate of drug-likeness (QED) is 0.549. The van der Waals surface area contributed by atoms with Crippen molar-refractivity contribution >= 4 is 40.8 Å². The van der Waals surface area contributed by atoms with E-state index >= 15 is 0 Å². The van der Waals surface area contributed by atoms with Crippen molar-refractivity contribution in [1.29, 1.82) is 0 Å². The number of anilines is 2. The molecule has 1 aliphatic rings. The Morgan fingerprint density at radius 2 is 1.62 bits per heavy atom. The van der Waals surface area contributed by atoms with Gasteiger partial charge in [-0.1, -0.05) is 11.6 Å². The molecule has 1 N–H and O–H groups in total. The molecular formula is C21H19ClN2O5. The van der Waals surface area contributed by atoms with Gasteiger partial charge in [0.25, 0.3) is 11.8 Å². The number of carbonyl (C=O) groups is 3. The molecule has 2 aromatic rings. The van der Waals surface area contributed by atoms with Crippen LogP contribution in [0.25, 0.3) is 0 Å². The molecule has 1 heterocycles. The smallest absolute Gasteiger partial charge is 0.338 e. The van der Waals surface area contributed by atoms with E-state index in [1.54, 1.807) is 55.5 Å². The number of carbonyl (C=O) groups excluding carboxylic acids is 3. The van der Waals surface area contributed by atoms with Crippen LogP contribution in [0.1, 0.15) is 24.2 Å². The summed E-state index contributed by atoms with van der Waals surface area (Å²) in [6.07, 6.45) is 0. The van der Waals surface area contributed by atoms with E-state index in [4.69, 9.17) is 21.1 Å². The lowest BCUT2D eigenvalue weighted by Crippen LogP contribution is -2.32. The van der Waals surface area contributed by atoms with E-state index in [0.29, 0.717) is 29.3 Å². The molecule has 0 radical (unpaired) electrons. The van der Waals surface area contributed by atoms with Crippen LogP contribution in [-0.4, -0.2) is 31.0 Å². The van der Waals surface area contributed by atoms with Gasteiger partial charge in [-0.3, -0.25) is 9.59 Å². The second-order valence-corrected chi connectivity index (χ2v) is 6.36. The van der Waals surface area contributed by atoms with E-state index < -0.39 is 17.8 Å². The molecule has 0 aromatic heterocycles. The van der Waals surface area contributed by atoms with Crippen molar-refractivity contribution in [2.45, 2.75) is 13.8 Å². The molecule has 0 atom stereocenters. The van der Waals surface area contributed by atoms with E-state index in [0.717, 1.165) is 4.90 Å². The van der Waals surface area contributed by atoms with Crippen molar-refractivity contribution in [1.82, 2.24) is 0 Å². The monoisotopic (exact) mass is 414 g/mol. The summed E-state index contributed by atoms with van der Waals surface area (Å²) in [6.45, 7) is 4.38. The number of halogens is 1. The highest BCUT2D eigenvalue weighted by atomic mass is 35.5. The average Bonchev–Trinajstić information content (AvgIpc) is 2.93. The third kappa shape index (κ3) is 4.25. The van der Waals surface area contributed by atoms with Gasteiger partial charge in [-0.15, -0.1) is 0 Å². The fraction of sp³-hybridized carbons (Fsp3) is 0.190. The van der Waals surface area contributed by atoms with Crippen LogP contribution in [0.5, 0.6) is 5.75 Å². The second-order valence-electron chi connectivity index (χ2n) is 5.98. The van der Waals surface area contributed by atoms with Gasteiger partial charge in [-0.2, -0.15) is 0 Å². The number of hydrogen-bond donors (Lipinski definition) is 1. The van der Waals surface area contributed by atoms with Gasteiger partial charge in [0.15, 0.2) is 0 Å². The number of imide groups is 1. The van der Waals surface area contributed by atoms with Crippen molar-refractivity contribution < 1.29 is 23.9 Å². The average molecular weight is 415 g/mol. The minimum atomic E-state index is -0.619. The predicted molar refractivity (Wildman–Crippen MR) is 109 cm³/mol. The van der Waals surface area contributed by atoms with Crippen LogP contribution in [0.4, 0.5) is 11.4 Å². The Morgan fingerprint density at radius 3 is 2.21 bits per heavy atom. The molecule has 150 valence electrons. The topological polar surface area (TPSA) is 84.9 Å². The second kappa shape index (κ2) is 8.79. The molecule has 0 bridgehead atoms. The summed E-state index contributed by atoms with van der Waals surface area (Å²) in [4.78, 5) is 38.0. The van der Waals surface area contributed by atoms with Gasteiger partial charge in [-0.25, -0.2) is 9.69 Å². The Balaban J connectivity index is 1.77. The molecule has 0 spiro atoms. The number of amides is 2. The van der Waals surface area contributed by atoms with Gasteiger partial charge in [-0.05, 0) is 62.4 Å². The molecule has 29 heavy (non-hydrogen) atoms. The number of rotatable bonds is 7. The summed E-state index contributed by atoms with van der Waals surface area (Å²) in [5.41, 5.74) is 1.23. The Hall–Kier alpha value is -3.32. The fourth-order valence-electron chi connectivity index (χ4n) is 2.75. The van der Waals surface area contributed by atoms with Gasteiger partial charge in [0, 0.05) is 5.69 Å². The van der Waals surface area contributed by atoms with Crippen molar-refractivity contribution in [3.05, 3.63) is 64.8 Å². The highest BCUT2D eigenvalue weighted by Crippen LogP contribution is 2.31. The molecule has 0 fully saturated rings. The summed E-state index contributed by atoms with van der Waals surface area (Å²) in [7, 11) is 0. The molecule has 0 saturated carbocycles. The largest absolute Gasteiger partial charge is 0.494 e. The Bertz CT molecular complexity index is 968. The molecule has 3 rings (SSSR count). The van der Waals surface area contributed by atoms with Gasteiger partial charge in [0.2, 0.25) is 0 Å². The van der Waals surface area contributed by atoms with Gasteiger partial charge < -0.3 is 14.8 Å². The fourth-order valence-corrected chi connectivity index (χ4v) is 2.96. The highest BCUT2D eigenvalue weighted by Gasteiger charge is 2.38. The first kappa shape index (κ1) is 20.4. The first-order valence-corrected chi connectivity index (χ1v) is 9.39. The van der Waals surface area contributed by atoms with Crippen LogP contribution in [0, 0.1) is 0 Å². The molecule has 0 aliphatic carbocycles. The maximum Gasteiger partial charge on any atom is 0.338 e. The standard InChI is InChI=1S/C21H19ClN2O5/c1-3-28-16-11-9-15(10-12-16)24-19(25)17(22)18(20(24)26)23-14-7-5-13(6-8-14)21(27)29-4-2/h5-12,23H,3-4H2,1-2H3. The molecule has 2 amide bonds. The number of nitrogens with zero attached hydrogens (tertiary/aromatic N) is 1. The highest BCUT2D eigenvalue weighted by molar-refractivity contribution is 6.53. The normalized spacial score (nSPS) is 13.7. The zero-order valence-corrected chi connectivity index (χ0v) is 16.7. The van der Waals surface area contributed by atoms with Crippen molar-refractivity contribution in [3.63, 3.8) is 0 Å². The summed E-state index contributed by atoms with van der Waals surface area (Å²) < 4.78 is 10.3. The Kier molecular flexibility index (Phi) is 6.19.